The Balaban J connectivity index is 1.75. The second kappa shape index (κ2) is 8.85. The van der Waals surface area contributed by atoms with Gasteiger partial charge in [0.25, 0.3) is 0 Å². The molecule has 0 unspecified atom stereocenters. The molecule has 1 saturated heterocycles. The summed E-state index contributed by atoms with van der Waals surface area (Å²) in [5, 5.41) is 0.859. The van der Waals surface area contributed by atoms with Gasteiger partial charge in [-0.3, -0.25) is 4.90 Å². The van der Waals surface area contributed by atoms with Crippen molar-refractivity contribution < 1.29 is 9.13 Å². The Bertz CT molecular complexity index is 759. The van der Waals surface area contributed by atoms with Crippen LogP contribution in [0.5, 0.6) is 5.75 Å². The van der Waals surface area contributed by atoms with Gasteiger partial charge in [-0.15, -0.1) is 0 Å². The fraction of sp³-hybridized carbons (Fsp3) is 0.391. The van der Waals surface area contributed by atoms with Crippen molar-refractivity contribution >= 4 is 19.1 Å². The zero-order chi connectivity index (χ0) is 19.3. The van der Waals surface area contributed by atoms with E-state index in [1.54, 1.807) is 0 Å². The lowest BCUT2D eigenvalue weighted by atomic mass is 10.1. The molecule has 144 valence electrons. The third-order valence-electron chi connectivity index (χ3n) is 5.01. The second-order valence-corrected chi connectivity index (χ2v) is 13.2. The molecule has 4 heteroatoms. The Kier molecular flexibility index (Phi) is 6.50. The number of benzene rings is 2. The Hall–Kier alpha value is -1.91. The van der Waals surface area contributed by atoms with Crippen LogP contribution in [0.15, 0.2) is 54.6 Å². The molecule has 2 nitrogen and oxygen atoms in total. The standard InChI is InChI=1S/C23H30FNOSi/c1-27(2,3)23(22(24)19-9-5-4-6-10-19)20-11-13-21(14-12-20)26-18-17-25-15-7-8-16-25/h4-6,9-14H,7-8,15-18H2,1-3H3/b23-22-. The smallest absolute Gasteiger partial charge is 0.130 e. The maximum absolute atomic E-state index is 15.3. The highest BCUT2D eigenvalue weighted by Crippen LogP contribution is 2.35. The fourth-order valence-corrected chi connectivity index (χ4v) is 5.47. The van der Waals surface area contributed by atoms with Gasteiger partial charge in [-0.2, -0.15) is 0 Å². The summed E-state index contributed by atoms with van der Waals surface area (Å²) in [5.74, 6) is 0.755. The molecule has 0 aliphatic carbocycles. The van der Waals surface area contributed by atoms with E-state index in [1.807, 2.05) is 54.6 Å². The van der Waals surface area contributed by atoms with Crippen LogP contribution in [0.25, 0.3) is 11.0 Å². The monoisotopic (exact) mass is 383 g/mol. The van der Waals surface area contributed by atoms with Crippen LogP contribution in [-0.2, 0) is 0 Å². The average molecular weight is 384 g/mol. The van der Waals surface area contributed by atoms with E-state index < -0.39 is 8.07 Å². The van der Waals surface area contributed by atoms with Crippen LogP contribution >= 0.6 is 0 Å². The average Bonchev–Trinajstić information content (AvgIpc) is 3.16. The maximum Gasteiger partial charge on any atom is 0.130 e. The first kappa shape index (κ1) is 19.8. The van der Waals surface area contributed by atoms with Crippen LogP contribution < -0.4 is 4.74 Å². The van der Waals surface area contributed by atoms with E-state index in [0.29, 0.717) is 12.2 Å². The molecule has 2 aromatic rings. The lowest BCUT2D eigenvalue weighted by Crippen LogP contribution is -2.25. The highest BCUT2D eigenvalue weighted by atomic mass is 28.3. The summed E-state index contributed by atoms with van der Waals surface area (Å²) in [4.78, 5) is 2.44. The Morgan fingerprint density at radius 3 is 2.15 bits per heavy atom. The molecule has 0 amide bonds. The van der Waals surface area contributed by atoms with Crippen LogP contribution in [0, 0.1) is 0 Å². The first-order valence-electron chi connectivity index (χ1n) is 9.86. The summed E-state index contributed by atoms with van der Waals surface area (Å²) >= 11 is 0. The molecule has 1 aliphatic heterocycles. The van der Waals surface area contributed by atoms with Gasteiger partial charge in [-0.05, 0) is 48.8 Å². The minimum Gasteiger partial charge on any atom is -0.492 e. The fourth-order valence-electron chi connectivity index (χ4n) is 3.63. The molecule has 0 bridgehead atoms. The van der Waals surface area contributed by atoms with Crippen molar-refractivity contribution in [1.82, 2.24) is 4.90 Å². The van der Waals surface area contributed by atoms with E-state index >= 15 is 4.39 Å². The first-order valence-corrected chi connectivity index (χ1v) is 13.4. The van der Waals surface area contributed by atoms with Gasteiger partial charge in [0.05, 0.1) is 8.07 Å². The van der Waals surface area contributed by atoms with Gasteiger partial charge in [0.2, 0.25) is 0 Å². The normalized spacial score (nSPS) is 16.3. The van der Waals surface area contributed by atoms with E-state index in [1.165, 1.54) is 25.9 Å². The summed E-state index contributed by atoms with van der Waals surface area (Å²) in [6.45, 7) is 10.6. The van der Waals surface area contributed by atoms with Gasteiger partial charge in [0.1, 0.15) is 18.2 Å². The van der Waals surface area contributed by atoms with Gasteiger partial charge in [0.15, 0.2) is 0 Å². The molecule has 27 heavy (non-hydrogen) atoms. The van der Waals surface area contributed by atoms with Crippen molar-refractivity contribution in [1.29, 1.82) is 0 Å². The molecule has 0 aromatic heterocycles. The summed E-state index contributed by atoms with van der Waals surface area (Å²) < 4.78 is 21.2. The van der Waals surface area contributed by atoms with Crippen molar-refractivity contribution in [2.75, 3.05) is 26.2 Å². The largest absolute Gasteiger partial charge is 0.492 e. The van der Waals surface area contributed by atoms with Gasteiger partial charge in [-0.1, -0.05) is 62.1 Å². The lowest BCUT2D eigenvalue weighted by molar-refractivity contribution is 0.238. The quantitative estimate of drug-likeness (QED) is 0.437. The van der Waals surface area contributed by atoms with Gasteiger partial charge in [0, 0.05) is 12.1 Å². The molecule has 0 saturated carbocycles. The molecule has 0 atom stereocenters. The van der Waals surface area contributed by atoms with E-state index in [0.717, 1.165) is 23.1 Å². The van der Waals surface area contributed by atoms with Crippen LogP contribution in [0.4, 0.5) is 4.39 Å². The molecule has 0 N–H and O–H groups in total. The van der Waals surface area contributed by atoms with E-state index in [4.69, 9.17) is 4.74 Å². The predicted molar refractivity (Wildman–Crippen MR) is 115 cm³/mol. The molecule has 0 radical (unpaired) electrons. The van der Waals surface area contributed by atoms with Crippen molar-refractivity contribution in [3.05, 3.63) is 65.7 Å². The van der Waals surface area contributed by atoms with Crippen molar-refractivity contribution in [2.45, 2.75) is 32.5 Å². The summed E-state index contributed by atoms with van der Waals surface area (Å²) in [7, 11) is -1.88. The molecular weight excluding hydrogens is 353 g/mol. The minimum absolute atomic E-state index is 0.0996. The zero-order valence-corrected chi connectivity index (χ0v) is 17.7. The number of nitrogens with zero attached hydrogens (tertiary/aromatic N) is 1. The van der Waals surface area contributed by atoms with Crippen LogP contribution in [-0.4, -0.2) is 39.2 Å². The maximum atomic E-state index is 15.3. The van der Waals surface area contributed by atoms with E-state index in [2.05, 4.69) is 24.5 Å². The summed E-state index contributed by atoms with van der Waals surface area (Å²) in [5.41, 5.74) is 1.61. The van der Waals surface area contributed by atoms with Crippen molar-refractivity contribution in [2.24, 2.45) is 0 Å². The van der Waals surface area contributed by atoms with Gasteiger partial charge >= 0.3 is 0 Å². The van der Waals surface area contributed by atoms with Gasteiger partial charge in [-0.25, -0.2) is 4.39 Å². The number of halogens is 1. The molecule has 0 spiro atoms. The van der Waals surface area contributed by atoms with Crippen molar-refractivity contribution in [3.8, 4) is 5.75 Å². The zero-order valence-electron chi connectivity index (χ0n) is 16.7. The second-order valence-electron chi connectivity index (χ2n) is 8.23. The predicted octanol–water partition coefficient (Wildman–Crippen LogP) is 5.88. The molecule has 3 rings (SSSR count). The first-order chi connectivity index (χ1) is 12.9. The number of hydrogen-bond acceptors (Lipinski definition) is 2. The van der Waals surface area contributed by atoms with E-state index in [9.17, 15) is 0 Å². The van der Waals surface area contributed by atoms with Crippen LogP contribution in [0.3, 0.4) is 0 Å². The minimum atomic E-state index is -1.88. The topological polar surface area (TPSA) is 12.5 Å². The number of hydrogen-bond donors (Lipinski definition) is 0. The molecule has 1 heterocycles. The molecule has 1 fully saturated rings. The highest BCUT2D eigenvalue weighted by molar-refractivity contribution is 6.94. The third kappa shape index (κ3) is 5.30. The van der Waals surface area contributed by atoms with Crippen LogP contribution in [0.1, 0.15) is 24.0 Å². The third-order valence-corrected chi connectivity index (χ3v) is 7.02. The molecule has 2 aromatic carbocycles. The molecule has 1 aliphatic rings. The Labute approximate surface area is 163 Å². The summed E-state index contributed by atoms with van der Waals surface area (Å²) in [6, 6.07) is 17.3. The lowest BCUT2D eigenvalue weighted by Gasteiger charge is -2.23. The highest BCUT2D eigenvalue weighted by Gasteiger charge is 2.26. The Morgan fingerprint density at radius 2 is 1.56 bits per heavy atom. The van der Waals surface area contributed by atoms with E-state index in [-0.39, 0.29) is 5.83 Å². The number of rotatable bonds is 7. The SMILES string of the molecule is C[Si](C)(C)/C(=C(\F)c1ccccc1)c1ccc(OCCN2CCCC2)cc1. The van der Waals surface area contributed by atoms with Crippen LogP contribution in [0.2, 0.25) is 19.6 Å². The number of ether oxygens (including phenoxy) is 1. The Morgan fingerprint density at radius 1 is 0.926 bits per heavy atom. The molecular formula is C23H30FNOSi. The van der Waals surface area contributed by atoms with Crippen molar-refractivity contribution in [3.63, 3.8) is 0 Å². The number of likely N-dealkylation sites (tertiary alicyclic amines) is 1. The van der Waals surface area contributed by atoms with Gasteiger partial charge < -0.3 is 4.74 Å². The summed E-state index contributed by atoms with van der Waals surface area (Å²) in [6.07, 6.45) is 2.60.